The highest BCUT2D eigenvalue weighted by Crippen LogP contribution is 2.36. The van der Waals surface area contributed by atoms with Crippen molar-refractivity contribution in [2.24, 2.45) is 0 Å². The van der Waals surface area contributed by atoms with Gasteiger partial charge in [0.25, 0.3) is 5.56 Å². The quantitative estimate of drug-likeness (QED) is 0.243. The van der Waals surface area contributed by atoms with Gasteiger partial charge < -0.3 is 18.8 Å². The van der Waals surface area contributed by atoms with E-state index in [1.807, 2.05) is 92.7 Å². The van der Waals surface area contributed by atoms with Crippen LogP contribution in [0.5, 0.6) is 17.2 Å². The second-order valence-corrected chi connectivity index (χ2v) is 8.86. The van der Waals surface area contributed by atoms with E-state index in [1.165, 1.54) is 0 Å². The van der Waals surface area contributed by atoms with Crippen LogP contribution in [0.15, 0.2) is 83.7 Å². The van der Waals surface area contributed by atoms with Crippen LogP contribution in [0, 0.1) is 0 Å². The molecule has 1 aromatic heterocycles. The summed E-state index contributed by atoms with van der Waals surface area (Å²) < 4.78 is 20.2. The van der Waals surface area contributed by atoms with Crippen LogP contribution in [-0.2, 0) is 19.8 Å². The topological polar surface area (TPSA) is 49.7 Å². The van der Waals surface area contributed by atoms with Crippen LogP contribution in [0.3, 0.4) is 0 Å². The van der Waals surface area contributed by atoms with Gasteiger partial charge in [-0.3, -0.25) is 4.79 Å². The fraction of sp³-hybridized carbons (Fsp3) is 0.300. The number of nitrogens with zero attached hydrogens (tertiary/aromatic N) is 1. The Hall–Kier alpha value is -3.73. The van der Waals surface area contributed by atoms with Gasteiger partial charge in [-0.15, -0.1) is 0 Å². The zero-order chi connectivity index (χ0) is 24.6. The molecule has 0 unspecified atom stereocenters. The third kappa shape index (κ3) is 6.04. The molecule has 0 aliphatic carbocycles. The molecule has 182 valence electrons. The summed E-state index contributed by atoms with van der Waals surface area (Å²) in [5.41, 5.74) is 2.72. The van der Waals surface area contributed by atoms with Crippen molar-refractivity contribution in [3.8, 4) is 17.2 Å². The van der Waals surface area contributed by atoms with E-state index in [2.05, 4.69) is 6.92 Å². The van der Waals surface area contributed by atoms with Crippen molar-refractivity contribution in [2.75, 3.05) is 0 Å². The Morgan fingerprint density at radius 3 is 2.03 bits per heavy atom. The maximum atomic E-state index is 13.7. The molecular weight excluding hydrogens is 438 g/mol. The van der Waals surface area contributed by atoms with Gasteiger partial charge in [0.05, 0.1) is 11.6 Å². The third-order valence-electron chi connectivity index (χ3n) is 5.71. The minimum Gasteiger partial charge on any atom is -0.489 e. The molecule has 1 heterocycles. The van der Waals surface area contributed by atoms with Gasteiger partial charge in [-0.2, -0.15) is 0 Å². The number of benzene rings is 3. The number of pyridine rings is 1. The first-order chi connectivity index (χ1) is 17.1. The molecule has 0 aliphatic rings. The van der Waals surface area contributed by atoms with E-state index in [1.54, 1.807) is 4.57 Å². The first-order valence-electron chi connectivity index (χ1n) is 12.3. The molecule has 0 amide bonds. The second-order valence-electron chi connectivity index (χ2n) is 8.86. The normalized spacial score (nSPS) is 11.1. The number of fused-ring (bicyclic) bond motifs is 1. The zero-order valence-electron chi connectivity index (χ0n) is 20.7. The van der Waals surface area contributed by atoms with Gasteiger partial charge >= 0.3 is 0 Å². The van der Waals surface area contributed by atoms with Crippen LogP contribution in [0.1, 0.15) is 44.7 Å². The molecule has 5 heteroatoms. The maximum absolute atomic E-state index is 13.7. The summed E-state index contributed by atoms with van der Waals surface area (Å²) in [5.74, 6) is 1.44. The van der Waals surface area contributed by atoms with Crippen LogP contribution in [0.4, 0.5) is 0 Å². The number of ether oxygens (including phenoxy) is 3. The van der Waals surface area contributed by atoms with Crippen LogP contribution in [0.25, 0.3) is 10.9 Å². The van der Waals surface area contributed by atoms with Gasteiger partial charge in [-0.1, -0.05) is 74.0 Å². The standard InChI is InChI=1S/C30H33NO4/c1-4-5-18-31-27-19-25(33-20-23-12-8-6-9-13-23)16-17-26(27)28(29(30(31)32)35-22(2)3)34-21-24-14-10-7-11-15-24/h6-17,19,22H,4-5,18,20-21H2,1-3H3. The molecule has 0 saturated carbocycles. The van der Waals surface area contributed by atoms with E-state index in [-0.39, 0.29) is 17.4 Å². The van der Waals surface area contributed by atoms with Crippen LogP contribution in [-0.4, -0.2) is 10.7 Å². The van der Waals surface area contributed by atoms with Gasteiger partial charge in [-0.05, 0) is 43.5 Å². The molecule has 0 spiro atoms. The predicted molar refractivity (Wildman–Crippen MR) is 140 cm³/mol. The minimum atomic E-state index is -0.178. The lowest BCUT2D eigenvalue weighted by Crippen LogP contribution is -2.25. The number of hydrogen-bond donors (Lipinski definition) is 0. The Balaban J connectivity index is 1.78. The van der Waals surface area contributed by atoms with E-state index in [4.69, 9.17) is 14.2 Å². The highest BCUT2D eigenvalue weighted by molar-refractivity contribution is 5.89. The van der Waals surface area contributed by atoms with Gasteiger partial charge in [-0.25, -0.2) is 0 Å². The summed E-state index contributed by atoms with van der Waals surface area (Å²) >= 11 is 0. The first-order valence-corrected chi connectivity index (χ1v) is 12.3. The number of hydrogen-bond acceptors (Lipinski definition) is 4. The summed E-state index contributed by atoms with van der Waals surface area (Å²) in [6.45, 7) is 7.35. The van der Waals surface area contributed by atoms with Crippen molar-refractivity contribution in [3.05, 3.63) is 100 Å². The van der Waals surface area contributed by atoms with E-state index in [0.717, 1.165) is 34.9 Å². The lowest BCUT2D eigenvalue weighted by molar-refractivity contribution is 0.215. The molecular formula is C30H33NO4. The summed E-state index contributed by atoms with van der Waals surface area (Å²) in [6, 6.07) is 25.8. The Morgan fingerprint density at radius 1 is 0.800 bits per heavy atom. The van der Waals surface area contributed by atoms with Gasteiger partial charge in [0, 0.05) is 18.0 Å². The fourth-order valence-electron chi connectivity index (χ4n) is 3.96. The predicted octanol–water partition coefficient (Wildman–Crippen LogP) is 6.75. The van der Waals surface area contributed by atoms with Gasteiger partial charge in [0.2, 0.25) is 5.75 Å². The molecule has 4 aromatic rings. The Labute approximate surface area is 206 Å². The molecule has 0 saturated heterocycles. The van der Waals surface area contributed by atoms with Crippen LogP contribution >= 0.6 is 0 Å². The second kappa shape index (κ2) is 11.6. The van der Waals surface area contributed by atoms with Crippen molar-refractivity contribution >= 4 is 10.9 Å². The average Bonchev–Trinajstić information content (AvgIpc) is 2.88. The van der Waals surface area contributed by atoms with Crippen molar-refractivity contribution in [2.45, 2.75) is 59.5 Å². The number of aryl methyl sites for hydroxylation is 1. The first kappa shape index (κ1) is 24.4. The summed E-state index contributed by atoms with van der Waals surface area (Å²) in [4.78, 5) is 13.7. The Bertz CT molecular complexity index is 1300. The van der Waals surface area contributed by atoms with E-state index in [0.29, 0.717) is 31.3 Å². The highest BCUT2D eigenvalue weighted by atomic mass is 16.5. The maximum Gasteiger partial charge on any atom is 0.297 e. The number of rotatable bonds is 11. The lowest BCUT2D eigenvalue weighted by atomic mass is 10.1. The minimum absolute atomic E-state index is 0.160. The van der Waals surface area contributed by atoms with Crippen LogP contribution in [0.2, 0.25) is 0 Å². The fourth-order valence-corrected chi connectivity index (χ4v) is 3.96. The van der Waals surface area contributed by atoms with Gasteiger partial charge in [0.1, 0.15) is 19.0 Å². The van der Waals surface area contributed by atoms with Crippen LogP contribution < -0.4 is 19.8 Å². The number of aromatic nitrogens is 1. The molecule has 4 rings (SSSR count). The lowest BCUT2D eigenvalue weighted by Gasteiger charge is -2.20. The molecule has 0 bridgehead atoms. The van der Waals surface area contributed by atoms with Crippen molar-refractivity contribution in [1.29, 1.82) is 0 Å². The highest BCUT2D eigenvalue weighted by Gasteiger charge is 2.21. The average molecular weight is 472 g/mol. The van der Waals surface area contributed by atoms with Crippen molar-refractivity contribution < 1.29 is 14.2 Å². The Kier molecular flexibility index (Phi) is 8.09. The molecule has 0 atom stereocenters. The van der Waals surface area contributed by atoms with Crippen molar-refractivity contribution in [1.82, 2.24) is 4.57 Å². The number of unbranched alkanes of at least 4 members (excludes halogenated alkanes) is 1. The van der Waals surface area contributed by atoms with E-state index < -0.39 is 0 Å². The van der Waals surface area contributed by atoms with E-state index >= 15 is 0 Å². The summed E-state index contributed by atoms with van der Waals surface area (Å²) in [6.07, 6.45) is 1.70. The molecule has 0 radical (unpaired) electrons. The smallest absolute Gasteiger partial charge is 0.297 e. The molecule has 0 fully saturated rings. The van der Waals surface area contributed by atoms with Gasteiger partial charge in [0.15, 0.2) is 5.75 Å². The molecule has 0 aliphatic heterocycles. The summed E-state index contributed by atoms with van der Waals surface area (Å²) in [5, 5.41) is 0.833. The zero-order valence-corrected chi connectivity index (χ0v) is 20.7. The SMILES string of the molecule is CCCCn1c(=O)c(OC(C)C)c(OCc2ccccc2)c2ccc(OCc3ccccc3)cc21. The summed E-state index contributed by atoms with van der Waals surface area (Å²) in [7, 11) is 0. The molecule has 3 aromatic carbocycles. The van der Waals surface area contributed by atoms with E-state index in [9.17, 15) is 4.79 Å². The monoisotopic (exact) mass is 471 g/mol. The van der Waals surface area contributed by atoms with Crippen molar-refractivity contribution in [3.63, 3.8) is 0 Å². The molecule has 5 nitrogen and oxygen atoms in total. The largest absolute Gasteiger partial charge is 0.489 e. The third-order valence-corrected chi connectivity index (χ3v) is 5.71. The molecule has 35 heavy (non-hydrogen) atoms. The molecule has 0 N–H and O–H groups in total. The Morgan fingerprint density at radius 2 is 1.43 bits per heavy atom.